The van der Waals surface area contributed by atoms with E-state index < -0.39 is 6.10 Å². The van der Waals surface area contributed by atoms with Gasteiger partial charge >= 0.3 is 0 Å². The first-order valence-corrected chi connectivity index (χ1v) is 5.29. The summed E-state index contributed by atoms with van der Waals surface area (Å²) < 4.78 is 10.4. The second-order valence-corrected chi connectivity index (χ2v) is 3.31. The zero-order chi connectivity index (χ0) is 11.8. The number of hydrogen-bond acceptors (Lipinski definition) is 5. The van der Waals surface area contributed by atoms with Crippen LogP contribution >= 0.6 is 0 Å². The van der Waals surface area contributed by atoms with Gasteiger partial charge in [-0.05, 0) is 19.1 Å². The van der Waals surface area contributed by atoms with Gasteiger partial charge in [-0.25, -0.2) is 0 Å². The number of rotatable bonds is 7. The third-order valence-electron chi connectivity index (χ3n) is 1.96. The minimum atomic E-state index is -0.617. The summed E-state index contributed by atoms with van der Waals surface area (Å²) in [6.07, 6.45) is 0.976. The quantitative estimate of drug-likeness (QED) is 0.700. The van der Waals surface area contributed by atoms with Crippen LogP contribution in [-0.2, 0) is 11.3 Å². The number of aromatic nitrogens is 1. The van der Waals surface area contributed by atoms with Gasteiger partial charge in [0.05, 0.1) is 18.5 Å². The van der Waals surface area contributed by atoms with Crippen molar-refractivity contribution in [1.82, 2.24) is 4.98 Å². The molecule has 1 unspecified atom stereocenters. The number of nitrogens with two attached hydrogens (primary N) is 1. The van der Waals surface area contributed by atoms with Crippen LogP contribution in [0.25, 0.3) is 0 Å². The number of pyridine rings is 1. The Morgan fingerprint density at radius 3 is 2.81 bits per heavy atom. The molecule has 1 heterocycles. The molecule has 0 saturated heterocycles. The van der Waals surface area contributed by atoms with Crippen LogP contribution in [0.15, 0.2) is 18.3 Å². The predicted octanol–water partition coefficient (Wildman–Crippen LogP) is 0.317. The highest BCUT2D eigenvalue weighted by Gasteiger charge is 2.05. The molecule has 0 aromatic carbocycles. The van der Waals surface area contributed by atoms with Crippen LogP contribution in [-0.4, -0.2) is 36.0 Å². The zero-order valence-corrected chi connectivity index (χ0v) is 9.43. The molecular weight excluding hydrogens is 208 g/mol. The van der Waals surface area contributed by atoms with Crippen molar-refractivity contribution in [1.29, 1.82) is 0 Å². The van der Waals surface area contributed by atoms with Crippen molar-refractivity contribution in [2.24, 2.45) is 5.73 Å². The Labute approximate surface area is 95.2 Å². The Kier molecular flexibility index (Phi) is 5.77. The van der Waals surface area contributed by atoms with Crippen molar-refractivity contribution >= 4 is 0 Å². The van der Waals surface area contributed by atoms with E-state index in [2.05, 4.69) is 4.98 Å². The minimum Gasteiger partial charge on any atom is -0.489 e. The van der Waals surface area contributed by atoms with Crippen molar-refractivity contribution in [3.05, 3.63) is 24.0 Å². The fraction of sp³-hybridized carbons (Fsp3) is 0.545. The predicted molar refractivity (Wildman–Crippen MR) is 60.1 cm³/mol. The van der Waals surface area contributed by atoms with Gasteiger partial charge < -0.3 is 20.3 Å². The van der Waals surface area contributed by atoms with Crippen molar-refractivity contribution < 1.29 is 14.6 Å². The van der Waals surface area contributed by atoms with E-state index in [9.17, 15) is 5.11 Å². The number of aliphatic hydroxyl groups excluding tert-OH is 1. The first-order valence-electron chi connectivity index (χ1n) is 5.29. The molecular formula is C11H18N2O3. The molecule has 0 radical (unpaired) electrons. The summed E-state index contributed by atoms with van der Waals surface area (Å²) >= 11 is 0. The highest BCUT2D eigenvalue weighted by atomic mass is 16.5. The Hall–Kier alpha value is -1.17. The van der Waals surface area contributed by atoms with Crippen LogP contribution in [0.2, 0.25) is 0 Å². The van der Waals surface area contributed by atoms with Crippen molar-refractivity contribution in [2.75, 3.05) is 19.8 Å². The zero-order valence-electron chi connectivity index (χ0n) is 9.43. The average Bonchev–Trinajstić information content (AvgIpc) is 2.34. The molecule has 0 aliphatic carbocycles. The van der Waals surface area contributed by atoms with Crippen molar-refractivity contribution in [3.63, 3.8) is 0 Å². The molecule has 5 heteroatoms. The van der Waals surface area contributed by atoms with Crippen LogP contribution in [0.3, 0.4) is 0 Å². The maximum Gasteiger partial charge on any atom is 0.137 e. The standard InChI is InChI=1S/C11H18N2O3/c1-2-15-7-10(14)8-16-11-4-3-9(5-12)13-6-11/h3-4,6,10,14H,2,5,7-8,12H2,1H3. The lowest BCUT2D eigenvalue weighted by molar-refractivity contribution is 0.0164. The van der Waals surface area contributed by atoms with Crippen LogP contribution in [0.5, 0.6) is 5.75 Å². The van der Waals surface area contributed by atoms with E-state index in [1.54, 1.807) is 18.3 Å². The lowest BCUT2D eigenvalue weighted by atomic mass is 10.3. The number of aliphatic hydroxyl groups is 1. The second-order valence-electron chi connectivity index (χ2n) is 3.31. The maximum atomic E-state index is 9.45. The third-order valence-corrected chi connectivity index (χ3v) is 1.96. The Morgan fingerprint density at radius 2 is 2.25 bits per heavy atom. The molecule has 1 atom stereocenters. The molecule has 90 valence electrons. The summed E-state index contributed by atoms with van der Waals surface area (Å²) in [4.78, 5) is 4.07. The summed E-state index contributed by atoms with van der Waals surface area (Å²) in [5.74, 6) is 0.618. The second kappa shape index (κ2) is 7.16. The van der Waals surface area contributed by atoms with Crippen LogP contribution in [0.4, 0.5) is 0 Å². The number of nitrogens with zero attached hydrogens (tertiary/aromatic N) is 1. The highest BCUT2D eigenvalue weighted by Crippen LogP contribution is 2.09. The minimum absolute atomic E-state index is 0.198. The van der Waals surface area contributed by atoms with E-state index in [4.69, 9.17) is 15.2 Å². The molecule has 1 rings (SSSR count). The smallest absolute Gasteiger partial charge is 0.137 e. The summed E-state index contributed by atoms with van der Waals surface area (Å²) in [7, 11) is 0. The van der Waals surface area contributed by atoms with Gasteiger partial charge in [-0.1, -0.05) is 0 Å². The number of hydrogen-bond donors (Lipinski definition) is 2. The molecule has 0 aliphatic heterocycles. The molecule has 0 spiro atoms. The fourth-order valence-electron chi connectivity index (χ4n) is 1.11. The van der Waals surface area contributed by atoms with Crippen LogP contribution < -0.4 is 10.5 Å². The normalized spacial score (nSPS) is 12.4. The van der Waals surface area contributed by atoms with Gasteiger partial charge in [-0.2, -0.15) is 0 Å². The Balaban J connectivity index is 2.30. The van der Waals surface area contributed by atoms with Crippen LogP contribution in [0, 0.1) is 0 Å². The molecule has 0 fully saturated rings. The van der Waals surface area contributed by atoms with Gasteiger partial charge in [-0.3, -0.25) is 4.98 Å². The molecule has 3 N–H and O–H groups in total. The molecule has 0 bridgehead atoms. The number of ether oxygens (including phenoxy) is 2. The average molecular weight is 226 g/mol. The van der Waals surface area contributed by atoms with Gasteiger partial charge in [-0.15, -0.1) is 0 Å². The fourth-order valence-corrected chi connectivity index (χ4v) is 1.11. The highest BCUT2D eigenvalue weighted by molar-refractivity contribution is 5.19. The van der Waals surface area contributed by atoms with Gasteiger partial charge in [0, 0.05) is 13.2 Å². The van der Waals surface area contributed by atoms with Crippen LogP contribution in [0.1, 0.15) is 12.6 Å². The Bertz CT molecular complexity index is 290. The summed E-state index contributed by atoms with van der Waals surface area (Å²) in [5, 5.41) is 9.45. The first kappa shape index (κ1) is 12.9. The van der Waals surface area contributed by atoms with E-state index in [1.807, 2.05) is 6.92 Å². The largest absolute Gasteiger partial charge is 0.489 e. The summed E-state index contributed by atoms with van der Waals surface area (Å²) in [6, 6.07) is 3.58. The van der Waals surface area contributed by atoms with E-state index in [0.717, 1.165) is 5.69 Å². The van der Waals surface area contributed by atoms with Gasteiger partial charge in [0.15, 0.2) is 0 Å². The molecule has 16 heavy (non-hydrogen) atoms. The SMILES string of the molecule is CCOCC(O)COc1ccc(CN)nc1. The molecule has 1 aromatic heterocycles. The van der Waals surface area contributed by atoms with Gasteiger partial charge in [0.25, 0.3) is 0 Å². The Morgan fingerprint density at radius 1 is 1.44 bits per heavy atom. The van der Waals surface area contributed by atoms with Crippen molar-refractivity contribution in [3.8, 4) is 5.75 Å². The van der Waals surface area contributed by atoms with E-state index >= 15 is 0 Å². The summed E-state index contributed by atoms with van der Waals surface area (Å²) in [6.45, 7) is 3.36. The molecule has 0 saturated carbocycles. The van der Waals surface area contributed by atoms with Gasteiger partial charge in [0.2, 0.25) is 0 Å². The molecule has 1 aromatic rings. The van der Waals surface area contributed by atoms with E-state index in [1.165, 1.54) is 0 Å². The van der Waals surface area contributed by atoms with Gasteiger partial charge in [0.1, 0.15) is 18.5 Å². The topological polar surface area (TPSA) is 77.6 Å². The lowest BCUT2D eigenvalue weighted by Gasteiger charge is -2.11. The lowest BCUT2D eigenvalue weighted by Crippen LogP contribution is -2.23. The van der Waals surface area contributed by atoms with Crippen molar-refractivity contribution in [2.45, 2.75) is 19.6 Å². The first-order chi connectivity index (χ1) is 7.76. The van der Waals surface area contributed by atoms with E-state index in [0.29, 0.717) is 18.9 Å². The van der Waals surface area contributed by atoms with E-state index in [-0.39, 0.29) is 13.2 Å². The molecule has 5 nitrogen and oxygen atoms in total. The monoisotopic (exact) mass is 226 g/mol. The molecule has 0 amide bonds. The summed E-state index contributed by atoms with van der Waals surface area (Å²) in [5.41, 5.74) is 6.22. The maximum absolute atomic E-state index is 9.45. The molecule has 0 aliphatic rings. The third kappa shape index (κ3) is 4.57.